The number of carbonyl (C=O) groups is 1. The van der Waals surface area contributed by atoms with E-state index in [1.54, 1.807) is 25.3 Å². The first-order chi connectivity index (χ1) is 12.8. The SMILES string of the molecule is COc1ccccc1CCN(CC(=O)NCc1ccc(F)cc1)S(C)(=O)=O. The zero-order chi connectivity index (χ0) is 19.9. The van der Waals surface area contributed by atoms with Gasteiger partial charge in [0.1, 0.15) is 11.6 Å². The Kier molecular flexibility index (Phi) is 7.32. The van der Waals surface area contributed by atoms with Crippen molar-refractivity contribution in [3.05, 3.63) is 65.5 Å². The summed E-state index contributed by atoms with van der Waals surface area (Å²) in [5.41, 5.74) is 1.59. The van der Waals surface area contributed by atoms with Crippen molar-refractivity contribution in [1.82, 2.24) is 9.62 Å². The molecule has 1 amide bonds. The Hall–Kier alpha value is -2.45. The highest BCUT2D eigenvalue weighted by Crippen LogP contribution is 2.18. The van der Waals surface area contributed by atoms with Crippen LogP contribution in [0, 0.1) is 5.82 Å². The fourth-order valence-corrected chi connectivity index (χ4v) is 3.31. The van der Waals surface area contributed by atoms with Gasteiger partial charge in [0.2, 0.25) is 15.9 Å². The quantitative estimate of drug-likeness (QED) is 0.705. The topological polar surface area (TPSA) is 75.7 Å². The summed E-state index contributed by atoms with van der Waals surface area (Å²) in [7, 11) is -2.00. The Morgan fingerprint density at radius 1 is 1.15 bits per heavy atom. The predicted octanol–water partition coefficient (Wildman–Crippen LogP) is 1.95. The summed E-state index contributed by atoms with van der Waals surface area (Å²) >= 11 is 0. The number of nitrogens with zero attached hydrogens (tertiary/aromatic N) is 1. The maximum Gasteiger partial charge on any atom is 0.235 e. The van der Waals surface area contributed by atoms with Gasteiger partial charge >= 0.3 is 0 Å². The number of sulfonamides is 1. The molecule has 0 heterocycles. The summed E-state index contributed by atoms with van der Waals surface area (Å²) in [6.45, 7) is 0.0710. The molecule has 0 aromatic heterocycles. The molecule has 0 atom stereocenters. The van der Waals surface area contributed by atoms with Gasteiger partial charge < -0.3 is 10.1 Å². The Bertz CT molecular complexity index is 870. The van der Waals surface area contributed by atoms with Crippen LogP contribution in [0.1, 0.15) is 11.1 Å². The molecule has 0 unspecified atom stereocenters. The lowest BCUT2D eigenvalue weighted by atomic mass is 10.1. The predicted molar refractivity (Wildman–Crippen MR) is 101 cm³/mol. The molecule has 0 spiro atoms. The highest BCUT2D eigenvalue weighted by Gasteiger charge is 2.20. The van der Waals surface area contributed by atoms with Crippen LogP contribution in [0.4, 0.5) is 4.39 Å². The lowest BCUT2D eigenvalue weighted by Crippen LogP contribution is -2.41. The molecule has 6 nitrogen and oxygen atoms in total. The molecule has 0 saturated heterocycles. The second kappa shape index (κ2) is 9.48. The van der Waals surface area contributed by atoms with E-state index < -0.39 is 15.9 Å². The van der Waals surface area contributed by atoms with E-state index in [2.05, 4.69) is 5.32 Å². The van der Waals surface area contributed by atoms with Gasteiger partial charge in [-0.05, 0) is 35.7 Å². The molecule has 2 aromatic rings. The number of carbonyl (C=O) groups excluding carboxylic acids is 1. The number of para-hydroxylation sites is 1. The van der Waals surface area contributed by atoms with Crippen molar-refractivity contribution in [3.63, 3.8) is 0 Å². The van der Waals surface area contributed by atoms with Crippen LogP contribution in [0.5, 0.6) is 5.75 Å². The molecule has 27 heavy (non-hydrogen) atoms. The largest absolute Gasteiger partial charge is 0.496 e. The van der Waals surface area contributed by atoms with Crippen LogP contribution in [-0.2, 0) is 27.8 Å². The summed E-state index contributed by atoms with van der Waals surface area (Å²) in [6.07, 6.45) is 1.49. The Labute approximate surface area is 159 Å². The monoisotopic (exact) mass is 394 g/mol. The van der Waals surface area contributed by atoms with E-state index in [0.717, 1.165) is 21.7 Å². The normalized spacial score (nSPS) is 11.4. The summed E-state index contributed by atoms with van der Waals surface area (Å²) in [5, 5.41) is 2.65. The molecule has 2 rings (SSSR count). The van der Waals surface area contributed by atoms with Crippen molar-refractivity contribution in [2.45, 2.75) is 13.0 Å². The third-order valence-electron chi connectivity index (χ3n) is 4.01. The number of amides is 1. The summed E-state index contributed by atoms with van der Waals surface area (Å²) < 4.78 is 43.3. The highest BCUT2D eigenvalue weighted by atomic mass is 32.2. The van der Waals surface area contributed by atoms with Crippen molar-refractivity contribution in [3.8, 4) is 5.75 Å². The van der Waals surface area contributed by atoms with Crippen LogP contribution in [0.2, 0.25) is 0 Å². The van der Waals surface area contributed by atoms with Crippen molar-refractivity contribution in [2.24, 2.45) is 0 Å². The van der Waals surface area contributed by atoms with E-state index in [1.165, 1.54) is 12.1 Å². The Morgan fingerprint density at radius 2 is 1.81 bits per heavy atom. The van der Waals surface area contributed by atoms with Crippen molar-refractivity contribution in [2.75, 3.05) is 26.5 Å². The zero-order valence-corrected chi connectivity index (χ0v) is 16.1. The number of ether oxygens (including phenoxy) is 1. The van der Waals surface area contributed by atoms with Crippen LogP contribution in [0.3, 0.4) is 0 Å². The smallest absolute Gasteiger partial charge is 0.235 e. The fourth-order valence-electron chi connectivity index (χ4n) is 2.54. The molecule has 8 heteroatoms. The number of rotatable bonds is 9. The number of benzene rings is 2. The molecule has 0 aliphatic carbocycles. The van der Waals surface area contributed by atoms with Gasteiger partial charge in [-0.15, -0.1) is 0 Å². The molecule has 0 aliphatic heterocycles. The molecule has 0 radical (unpaired) electrons. The van der Waals surface area contributed by atoms with Crippen LogP contribution >= 0.6 is 0 Å². The first-order valence-electron chi connectivity index (χ1n) is 8.38. The Balaban J connectivity index is 1.95. The first kappa shape index (κ1) is 20.9. The molecular formula is C19H23FN2O4S. The van der Waals surface area contributed by atoms with Gasteiger partial charge in [0.15, 0.2) is 0 Å². The molecule has 0 saturated carbocycles. The molecule has 1 N–H and O–H groups in total. The fraction of sp³-hybridized carbons (Fsp3) is 0.316. The lowest BCUT2D eigenvalue weighted by Gasteiger charge is -2.20. The second-order valence-corrected chi connectivity index (χ2v) is 8.04. The van der Waals surface area contributed by atoms with Crippen molar-refractivity contribution < 1.29 is 22.3 Å². The standard InChI is InChI=1S/C19H23FN2O4S/c1-26-18-6-4-3-5-16(18)11-12-22(27(2,24)25)14-19(23)21-13-15-7-9-17(20)10-8-15/h3-10H,11-14H2,1-2H3,(H,21,23). The summed E-state index contributed by atoms with van der Waals surface area (Å²) in [5.74, 6) is -0.110. The number of hydrogen-bond donors (Lipinski definition) is 1. The van der Waals surface area contributed by atoms with E-state index >= 15 is 0 Å². The average molecular weight is 394 g/mol. The molecule has 0 bridgehead atoms. The lowest BCUT2D eigenvalue weighted by molar-refractivity contribution is -0.121. The van der Waals surface area contributed by atoms with E-state index in [0.29, 0.717) is 12.2 Å². The van der Waals surface area contributed by atoms with E-state index in [1.807, 2.05) is 18.2 Å². The van der Waals surface area contributed by atoms with Crippen LogP contribution in [0.25, 0.3) is 0 Å². The maximum absolute atomic E-state index is 12.9. The number of hydrogen-bond acceptors (Lipinski definition) is 4. The van der Waals surface area contributed by atoms with Gasteiger partial charge in [0, 0.05) is 13.1 Å². The van der Waals surface area contributed by atoms with Gasteiger partial charge in [-0.25, -0.2) is 12.8 Å². The minimum Gasteiger partial charge on any atom is -0.496 e. The molecule has 0 aliphatic rings. The minimum absolute atomic E-state index is 0.156. The number of halogens is 1. The van der Waals surface area contributed by atoms with E-state index in [4.69, 9.17) is 4.74 Å². The maximum atomic E-state index is 12.9. The number of nitrogens with one attached hydrogen (secondary N) is 1. The summed E-state index contributed by atoms with van der Waals surface area (Å²) in [4.78, 5) is 12.2. The van der Waals surface area contributed by atoms with Crippen LogP contribution in [-0.4, -0.2) is 45.1 Å². The zero-order valence-electron chi connectivity index (χ0n) is 15.3. The van der Waals surface area contributed by atoms with Gasteiger partial charge in [-0.1, -0.05) is 30.3 Å². The van der Waals surface area contributed by atoms with Gasteiger partial charge in [-0.2, -0.15) is 4.31 Å². The minimum atomic E-state index is -3.56. The number of methoxy groups -OCH3 is 1. The van der Waals surface area contributed by atoms with Gasteiger partial charge in [0.05, 0.1) is 19.9 Å². The van der Waals surface area contributed by atoms with Crippen molar-refractivity contribution in [1.29, 1.82) is 0 Å². The molecule has 2 aromatic carbocycles. The van der Waals surface area contributed by atoms with Crippen LogP contribution in [0.15, 0.2) is 48.5 Å². The van der Waals surface area contributed by atoms with E-state index in [9.17, 15) is 17.6 Å². The van der Waals surface area contributed by atoms with Crippen LogP contribution < -0.4 is 10.1 Å². The second-order valence-electron chi connectivity index (χ2n) is 6.06. The summed E-state index contributed by atoms with van der Waals surface area (Å²) in [6, 6.07) is 13.1. The van der Waals surface area contributed by atoms with Gasteiger partial charge in [-0.3, -0.25) is 4.79 Å². The first-order valence-corrected chi connectivity index (χ1v) is 10.2. The highest BCUT2D eigenvalue weighted by molar-refractivity contribution is 7.88. The van der Waals surface area contributed by atoms with Gasteiger partial charge in [0.25, 0.3) is 0 Å². The average Bonchev–Trinajstić information content (AvgIpc) is 2.64. The van der Waals surface area contributed by atoms with Crippen molar-refractivity contribution >= 4 is 15.9 Å². The molecule has 146 valence electrons. The third kappa shape index (κ3) is 6.65. The third-order valence-corrected chi connectivity index (χ3v) is 5.26. The molecular weight excluding hydrogens is 371 g/mol. The Morgan fingerprint density at radius 3 is 2.44 bits per heavy atom. The molecule has 0 fully saturated rings. The van der Waals surface area contributed by atoms with E-state index in [-0.39, 0.29) is 25.5 Å².